The van der Waals surface area contributed by atoms with Crippen molar-refractivity contribution in [2.24, 2.45) is 0 Å². The largest absolute Gasteiger partial charge is 0.490 e. The molecule has 116 valence electrons. The second-order valence-corrected chi connectivity index (χ2v) is 4.84. The SMILES string of the molecule is CCOc1ccccc1OC(=O)COc1cccc(C)c1C. The van der Waals surface area contributed by atoms with Gasteiger partial charge in [-0.1, -0.05) is 24.3 Å². The summed E-state index contributed by atoms with van der Waals surface area (Å²) >= 11 is 0. The smallest absolute Gasteiger partial charge is 0.349 e. The third kappa shape index (κ3) is 4.01. The van der Waals surface area contributed by atoms with Crippen LogP contribution in [0.25, 0.3) is 0 Å². The zero-order chi connectivity index (χ0) is 15.9. The van der Waals surface area contributed by atoms with Crippen LogP contribution in [0.1, 0.15) is 18.1 Å². The van der Waals surface area contributed by atoms with Gasteiger partial charge in [-0.2, -0.15) is 0 Å². The van der Waals surface area contributed by atoms with Gasteiger partial charge in [0, 0.05) is 0 Å². The minimum atomic E-state index is -0.465. The minimum absolute atomic E-state index is 0.148. The van der Waals surface area contributed by atoms with Gasteiger partial charge in [0.1, 0.15) is 5.75 Å². The van der Waals surface area contributed by atoms with E-state index in [2.05, 4.69) is 0 Å². The zero-order valence-corrected chi connectivity index (χ0v) is 13.1. The van der Waals surface area contributed by atoms with Crippen LogP contribution in [0.3, 0.4) is 0 Å². The second kappa shape index (κ2) is 7.50. The third-order valence-corrected chi connectivity index (χ3v) is 3.27. The van der Waals surface area contributed by atoms with E-state index in [0.29, 0.717) is 23.9 Å². The highest BCUT2D eigenvalue weighted by Crippen LogP contribution is 2.26. The molecule has 2 rings (SSSR count). The molecule has 2 aromatic rings. The van der Waals surface area contributed by atoms with E-state index in [1.807, 2.05) is 45.0 Å². The molecule has 0 N–H and O–H groups in total. The third-order valence-electron chi connectivity index (χ3n) is 3.27. The van der Waals surface area contributed by atoms with Gasteiger partial charge in [0.25, 0.3) is 0 Å². The van der Waals surface area contributed by atoms with Crippen molar-refractivity contribution in [1.29, 1.82) is 0 Å². The Hall–Kier alpha value is -2.49. The maximum atomic E-state index is 11.9. The molecule has 0 heterocycles. The van der Waals surface area contributed by atoms with Crippen LogP contribution in [0.5, 0.6) is 17.2 Å². The molecule has 0 aromatic heterocycles. The molecule has 0 aliphatic carbocycles. The van der Waals surface area contributed by atoms with Crippen LogP contribution in [0.2, 0.25) is 0 Å². The van der Waals surface area contributed by atoms with E-state index in [9.17, 15) is 4.79 Å². The van der Waals surface area contributed by atoms with Gasteiger partial charge in [-0.15, -0.1) is 0 Å². The van der Waals surface area contributed by atoms with Crippen LogP contribution in [-0.2, 0) is 4.79 Å². The molecule has 0 aliphatic heterocycles. The fourth-order valence-corrected chi connectivity index (χ4v) is 1.98. The van der Waals surface area contributed by atoms with Gasteiger partial charge in [0.05, 0.1) is 6.61 Å². The highest BCUT2D eigenvalue weighted by molar-refractivity contribution is 5.74. The van der Waals surface area contributed by atoms with Crippen molar-refractivity contribution < 1.29 is 19.0 Å². The van der Waals surface area contributed by atoms with Crippen LogP contribution in [0, 0.1) is 13.8 Å². The van der Waals surface area contributed by atoms with Crippen LogP contribution in [-0.4, -0.2) is 19.2 Å². The van der Waals surface area contributed by atoms with E-state index in [1.165, 1.54) is 0 Å². The normalized spacial score (nSPS) is 10.1. The Labute approximate surface area is 130 Å². The van der Waals surface area contributed by atoms with E-state index < -0.39 is 5.97 Å². The molecule has 0 aliphatic rings. The Morgan fingerprint density at radius 1 is 0.909 bits per heavy atom. The monoisotopic (exact) mass is 300 g/mol. The predicted molar refractivity (Wildman–Crippen MR) is 84.7 cm³/mol. The van der Waals surface area contributed by atoms with Gasteiger partial charge >= 0.3 is 5.97 Å². The lowest BCUT2D eigenvalue weighted by molar-refractivity contribution is -0.136. The first kappa shape index (κ1) is 15.9. The summed E-state index contributed by atoms with van der Waals surface area (Å²) in [4.78, 5) is 11.9. The van der Waals surface area contributed by atoms with Gasteiger partial charge in [0.15, 0.2) is 18.1 Å². The first-order valence-corrected chi connectivity index (χ1v) is 7.23. The van der Waals surface area contributed by atoms with Crippen molar-refractivity contribution >= 4 is 5.97 Å². The molecule has 0 saturated heterocycles. The molecule has 0 radical (unpaired) electrons. The molecule has 0 fully saturated rings. The van der Waals surface area contributed by atoms with E-state index in [1.54, 1.807) is 18.2 Å². The van der Waals surface area contributed by atoms with Crippen molar-refractivity contribution in [3.8, 4) is 17.2 Å². The highest BCUT2D eigenvalue weighted by atomic mass is 16.6. The summed E-state index contributed by atoms with van der Waals surface area (Å²) in [6, 6.07) is 12.8. The van der Waals surface area contributed by atoms with E-state index in [0.717, 1.165) is 11.1 Å². The number of hydrogen-bond donors (Lipinski definition) is 0. The highest BCUT2D eigenvalue weighted by Gasteiger charge is 2.11. The number of esters is 1. The molecule has 2 aromatic carbocycles. The fraction of sp³-hybridized carbons (Fsp3) is 0.278. The summed E-state index contributed by atoms with van der Waals surface area (Å²) in [5, 5.41) is 0. The molecule has 4 nitrogen and oxygen atoms in total. The molecule has 0 saturated carbocycles. The molecular weight excluding hydrogens is 280 g/mol. The number of aryl methyl sites for hydroxylation is 1. The van der Waals surface area contributed by atoms with E-state index in [4.69, 9.17) is 14.2 Å². The summed E-state index contributed by atoms with van der Waals surface area (Å²) in [5.74, 6) is 1.17. The van der Waals surface area contributed by atoms with Gasteiger partial charge in [0.2, 0.25) is 0 Å². The van der Waals surface area contributed by atoms with E-state index >= 15 is 0 Å². The average molecular weight is 300 g/mol. The van der Waals surface area contributed by atoms with Crippen molar-refractivity contribution in [3.05, 3.63) is 53.6 Å². The van der Waals surface area contributed by atoms with Crippen LogP contribution in [0.15, 0.2) is 42.5 Å². The molecule has 0 spiro atoms. The average Bonchev–Trinajstić information content (AvgIpc) is 2.51. The quantitative estimate of drug-likeness (QED) is 0.603. The standard InChI is InChI=1S/C18H20O4/c1-4-20-16-9-5-6-10-17(16)22-18(19)12-21-15-11-7-8-13(2)14(15)3/h5-11H,4,12H2,1-3H3. The predicted octanol–water partition coefficient (Wildman–Crippen LogP) is 3.69. The Kier molecular flexibility index (Phi) is 5.42. The molecule has 0 unspecified atom stereocenters. The Morgan fingerprint density at radius 2 is 1.59 bits per heavy atom. The number of para-hydroxylation sites is 2. The lowest BCUT2D eigenvalue weighted by atomic mass is 10.1. The zero-order valence-electron chi connectivity index (χ0n) is 13.1. The summed E-state index contributed by atoms with van der Waals surface area (Å²) in [6.07, 6.45) is 0. The van der Waals surface area contributed by atoms with Crippen molar-refractivity contribution in [3.63, 3.8) is 0 Å². The van der Waals surface area contributed by atoms with Gasteiger partial charge in [-0.3, -0.25) is 0 Å². The number of carbonyl (C=O) groups is 1. The van der Waals surface area contributed by atoms with E-state index in [-0.39, 0.29) is 6.61 Å². The van der Waals surface area contributed by atoms with Crippen LogP contribution in [0.4, 0.5) is 0 Å². The molecule has 0 atom stereocenters. The summed E-state index contributed by atoms with van der Waals surface area (Å²) in [6.45, 7) is 6.19. The molecule has 22 heavy (non-hydrogen) atoms. The first-order valence-electron chi connectivity index (χ1n) is 7.23. The number of ether oxygens (including phenoxy) is 3. The molecule has 4 heteroatoms. The first-order chi connectivity index (χ1) is 10.6. The lowest BCUT2D eigenvalue weighted by Crippen LogP contribution is -2.18. The number of rotatable bonds is 6. The summed E-state index contributed by atoms with van der Waals surface area (Å²) < 4.78 is 16.3. The maximum absolute atomic E-state index is 11.9. The van der Waals surface area contributed by atoms with Gasteiger partial charge in [-0.25, -0.2) is 4.79 Å². The molecular formula is C18H20O4. The van der Waals surface area contributed by atoms with Gasteiger partial charge < -0.3 is 14.2 Å². The minimum Gasteiger partial charge on any atom is -0.490 e. The number of benzene rings is 2. The summed E-state index contributed by atoms with van der Waals surface area (Å²) in [5.41, 5.74) is 2.14. The number of carbonyl (C=O) groups excluding carboxylic acids is 1. The van der Waals surface area contributed by atoms with Crippen molar-refractivity contribution in [2.75, 3.05) is 13.2 Å². The van der Waals surface area contributed by atoms with Gasteiger partial charge in [-0.05, 0) is 50.1 Å². The Balaban J connectivity index is 1.97. The van der Waals surface area contributed by atoms with Crippen molar-refractivity contribution in [2.45, 2.75) is 20.8 Å². The lowest BCUT2D eigenvalue weighted by Gasteiger charge is -2.12. The van der Waals surface area contributed by atoms with Crippen molar-refractivity contribution in [1.82, 2.24) is 0 Å². The Morgan fingerprint density at radius 3 is 2.32 bits per heavy atom. The fourth-order valence-electron chi connectivity index (χ4n) is 1.98. The molecule has 0 amide bonds. The summed E-state index contributed by atoms with van der Waals surface area (Å²) in [7, 11) is 0. The Bertz CT molecular complexity index is 649. The van der Waals surface area contributed by atoms with Crippen LogP contribution >= 0.6 is 0 Å². The molecule has 0 bridgehead atoms. The second-order valence-electron chi connectivity index (χ2n) is 4.84. The number of hydrogen-bond acceptors (Lipinski definition) is 4. The topological polar surface area (TPSA) is 44.8 Å². The maximum Gasteiger partial charge on any atom is 0.349 e. The van der Waals surface area contributed by atoms with Crippen LogP contribution < -0.4 is 14.2 Å².